The van der Waals surface area contributed by atoms with Gasteiger partial charge in [0.25, 0.3) is 0 Å². The molecule has 2 amide bonds. The van der Waals surface area contributed by atoms with E-state index < -0.39 is 6.04 Å². The van der Waals surface area contributed by atoms with Crippen molar-refractivity contribution in [3.63, 3.8) is 0 Å². The minimum atomic E-state index is -0.553. The van der Waals surface area contributed by atoms with Gasteiger partial charge in [0, 0.05) is 32.1 Å². The molecule has 0 spiro atoms. The summed E-state index contributed by atoms with van der Waals surface area (Å²) >= 11 is 0. The van der Waals surface area contributed by atoms with Crippen molar-refractivity contribution < 1.29 is 9.59 Å². The van der Waals surface area contributed by atoms with Crippen molar-refractivity contribution in [3.05, 3.63) is 0 Å². The molecule has 0 aromatic heterocycles. The zero-order valence-electron chi connectivity index (χ0n) is 15.9. The molecule has 0 unspecified atom stereocenters. The number of carbonyl (C=O) groups is 2. The Bertz CT molecular complexity index is 408. The molecule has 0 fully saturated rings. The van der Waals surface area contributed by atoms with Gasteiger partial charge in [-0.25, -0.2) is 0 Å². The highest BCUT2D eigenvalue weighted by molar-refractivity contribution is 5.87. The molecular weight excluding hydrogens is 320 g/mol. The lowest BCUT2D eigenvalue weighted by Crippen LogP contribution is -2.47. The molecule has 146 valence electrons. The molecule has 0 aliphatic carbocycles. The lowest BCUT2D eigenvalue weighted by atomic mass is 10.1. The van der Waals surface area contributed by atoms with Gasteiger partial charge in [0.05, 0.1) is 0 Å². The number of nitrogens with two attached hydrogens (primary N) is 2. The van der Waals surface area contributed by atoms with E-state index in [-0.39, 0.29) is 17.8 Å². The average molecular weight is 357 g/mol. The van der Waals surface area contributed by atoms with Crippen LogP contribution in [0.4, 0.5) is 0 Å². The minimum absolute atomic E-state index is 0.0318. The summed E-state index contributed by atoms with van der Waals surface area (Å²) in [4.78, 5) is 28.3. The predicted octanol–water partition coefficient (Wildman–Crippen LogP) is 0.219. The molecule has 0 saturated heterocycles. The van der Waals surface area contributed by atoms with E-state index in [1.807, 2.05) is 13.8 Å². The van der Waals surface area contributed by atoms with Crippen molar-refractivity contribution in [2.75, 3.05) is 19.6 Å². The number of hydrogen-bond donors (Lipinski definition) is 5. The van der Waals surface area contributed by atoms with E-state index in [0.29, 0.717) is 44.9 Å². The van der Waals surface area contributed by atoms with Gasteiger partial charge in [-0.3, -0.25) is 14.6 Å². The number of guanidine groups is 1. The molecule has 25 heavy (non-hydrogen) atoms. The van der Waals surface area contributed by atoms with E-state index >= 15 is 0 Å². The molecule has 0 aliphatic heterocycles. The van der Waals surface area contributed by atoms with E-state index in [4.69, 9.17) is 11.5 Å². The quantitative estimate of drug-likeness (QED) is 0.172. The van der Waals surface area contributed by atoms with Crippen molar-refractivity contribution in [1.29, 1.82) is 0 Å². The number of unbranched alkanes of at least 4 members (excludes halogenated alkanes) is 2. The third-order valence-corrected chi connectivity index (χ3v) is 3.58. The van der Waals surface area contributed by atoms with Crippen LogP contribution in [-0.4, -0.2) is 49.5 Å². The number of carbonyl (C=O) groups excluding carboxylic acids is 2. The van der Waals surface area contributed by atoms with Gasteiger partial charge < -0.3 is 27.4 Å². The van der Waals surface area contributed by atoms with Crippen LogP contribution in [0.5, 0.6) is 0 Å². The number of nitrogens with one attached hydrogen (secondary N) is 3. The molecule has 1 atom stereocenters. The van der Waals surface area contributed by atoms with E-state index in [1.165, 1.54) is 0 Å². The van der Waals surface area contributed by atoms with Gasteiger partial charge in [-0.15, -0.1) is 0 Å². The van der Waals surface area contributed by atoms with Crippen LogP contribution in [0.25, 0.3) is 0 Å². The van der Waals surface area contributed by atoms with E-state index in [2.05, 4.69) is 27.9 Å². The predicted molar refractivity (Wildman–Crippen MR) is 102 cm³/mol. The summed E-state index contributed by atoms with van der Waals surface area (Å²) < 4.78 is 0. The molecule has 7 N–H and O–H groups in total. The average Bonchev–Trinajstić information content (AvgIpc) is 2.53. The van der Waals surface area contributed by atoms with Crippen LogP contribution in [-0.2, 0) is 9.59 Å². The van der Waals surface area contributed by atoms with Crippen LogP contribution in [0, 0.1) is 0 Å². The normalized spacial score (nSPS) is 11.8. The van der Waals surface area contributed by atoms with Gasteiger partial charge in [-0.2, -0.15) is 0 Å². The van der Waals surface area contributed by atoms with Gasteiger partial charge >= 0.3 is 0 Å². The summed E-state index contributed by atoms with van der Waals surface area (Å²) in [6.45, 7) is 7.80. The molecule has 0 aromatic carbocycles. The molecule has 8 nitrogen and oxygen atoms in total. The zero-order chi connectivity index (χ0) is 19.1. The molecule has 0 bridgehead atoms. The largest absolute Gasteiger partial charge is 0.370 e. The summed E-state index contributed by atoms with van der Waals surface area (Å²) in [5, 5.41) is 8.90. The Balaban J connectivity index is 4.41. The maximum atomic E-state index is 12.3. The van der Waals surface area contributed by atoms with Crippen LogP contribution in [0.2, 0.25) is 0 Å². The Hall–Kier alpha value is -1.83. The molecule has 8 heteroatoms. The first-order chi connectivity index (χ1) is 11.9. The topological polar surface area (TPSA) is 135 Å². The zero-order valence-corrected chi connectivity index (χ0v) is 15.9. The van der Waals surface area contributed by atoms with Crippen molar-refractivity contribution in [2.24, 2.45) is 16.5 Å². The number of aliphatic imine (C=N–C) groups is 1. The number of hydrogen-bond acceptors (Lipinski definition) is 4. The van der Waals surface area contributed by atoms with E-state index in [1.54, 1.807) is 0 Å². The Morgan fingerprint density at radius 3 is 2.40 bits per heavy atom. The number of amides is 2. The van der Waals surface area contributed by atoms with E-state index in [0.717, 1.165) is 19.3 Å². The first kappa shape index (κ1) is 23.2. The lowest BCUT2D eigenvalue weighted by molar-refractivity contribution is -0.129. The molecule has 0 radical (unpaired) electrons. The van der Waals surface area contributed by atoms with Crippen molar-refractivity contribution in [2.45, 2.75) is 71.4 Å². The number of nitrogens with zero attached hydrogens (tertiary/aromatic N) is 1. The summed E-state index contributed by atoms with van der Waals surface area (Å²) in [7, 11) is 0. The third kappa shape index (κ3) is 14.2. The Morgan fingerprint density at radius 1 is 1.08 bits per heavy atom. The fourth-order valence-corrected chi connectivity index (χ4v) is 2.22. The van der Waals surface area contributed by atoms with Crippen LogP contribution >= 0.6 is 0 Å². The summed E-state index contributed by atoms with van der Waals surface area (Å²) in [5.74, 6) is -0.251. The van der Waals surface area contributed by atoms with Crippen LogP contribution in [0.1, 0.15) is 59.3 Å². The summed E-state index contributed by atoms with van der Waals surface area (Å²) in [5.41, 5.74) is 10.6. The second-order valence-electron chi connectivity index (χ2n) is 6.43. The maximum Gasteiger partial charge on any atom is 0.242 e. The number of rotatable bonds is 14. The first-order valence-corrected chi connectivity index (χ1v) is 9.22. The summed E-state index contributed by atoms with van der Waals surface area (Å²) in [6.07, 6.45) is 4.57. The Kier molecular flexibility index (Phi) is 13.4. The lowest BCUT2D eigenvalue weighted by Gasteiger charge is -2.18. The highest BCUT2D eigenvalue weighted by Gasteiger charge is 2.19. The minimum Gasteiger partial charge on any atom is -0.370 e. The van der Waals surface area contributed by atoms with Crippen LogP contribution < -0.4 is 27.4 Å². The Labute approximate surface area is 151 Å². The van der Waals surface area contributed by atoms with Gasteiger partial charge in [0.15, 0.2) is 5.96 Å². The molecule has 0 aromatic rings. The van der Waals surface area contributed by atoms with Gasteiger partial charge in [-0.1, -0.05) is 33.6 Å². The first-order valence-electron chi connectivity index (χ1n) is 9.22. The second-order valence-corrected chi connectivity index (χ2v) is 6.43. The van der Waals surface area contributed by atoms with Crippen LogP contribution in [0.3, 0.4) is 0 Å². The van der Waals surface area contributed by atoms with Gasteiger partial charge in [0.1, 0.15) is 6.04 Å². The molecule has 0 saturated carbocycles. The maximum absolute atomic E-state index is 12.3. The molecular formula is C17H36N6O2. The Morgan fingerprint density at radius 2 is 1.80 bits per heavy atom. The van der Waals surface area contributed by atoms with Crippen molar-refractivity contribution in [1.82, 2.24) is 16.0 Å². The third-order valence-electron chi connectivity index (χ3n) is 3.58. The summed E-state index contributed by atoms with van der Waals surface area (Å²) in [6, 6.07) is -0.229. The fourth-order valence-electron chi connectivity index (χ4n) is 2.22. The van der Waals surface area contributed by atoms with Crippen molar-refractivity contribution in [3.8, 4) is 0 Å². The molecule has 0 aliphatic rings. The molecule has 0 heterocycles. The highest BCUT2D eigenvalue weighted by atomic mass is 16.2. The molecule has 0 rings (SSSR count). The van der Waals surface area contributed by atoms with Crippen LogP contribution in [0.15, 0.2) is 4.99 Å². The SMILES string of the molecule is CCCCCNC(=O)[C@@H](CCCN=C(N)N)NC(=O)CCNC(C)C. The van der Waals surface area contributed by atoms with Gasteiger partial charge in [0.2, 0.25) is 11.8 Å². The van der Waals surface area contributed by atoms with Gasteiger partial charge in [-0.05, 0) is 19.3 Å². The smallest absolute Gasteiger partial charge is 0.242 e. The highest BCUT2D eigenvalue weighted by Crippen LogP contribution is 2.00. The second kappa shape index (κ2) is 14.5. The monoisotopic (exact) mass is 356 g/mol. The van der Waals surface area contributed by atoms with E-state index in [9.17, 15) is 9.59 Å². The standard InChI is InChI=1S/C17H36N6O2/c1-4-5-6-10-21-16(25)14(8-7-11-22-17(18)19)23-15(24)9-12-20-13(2)3/h13-14,20H,4-12H2,1-3H3,(H,21,25)(H,23,24)(H4,18,19,22)/t14-/m1/s1. The van der Waals surface area contributed by atoms with Crippen molar-refractivity contribution >= 4 is 17.8 Å². The fraction of sp³-hybridized carbons (Fsp3) is 0.824.